The van der Waals surface area contributed by atoms with Crippen molar-refractivity contribution in [1.82, 2.24) is 15.3 Å². The summed E-state index contributed by atoms with van der Waals surface area (Å²) in [6.45, 7) is 0.674. The zero-order chi connectivity index (χ0) is 17.8. The molecular formula is C21H21N3O2. The van der Waals surface area contributed by atoms with Crippen molar-refractivity contribution in [3.63, 3.8) is 0 Å². The molecule has 0 bridgehead atoms. The number of hydrogen-bond donors (Lipinski definition) is 2. The van der Waals surface area contributed by atoms with Gasteiger partial charge in [0.15, 0.2) is 0 Å². The van der Waals surface area contributed by atoms with E-state index in [1.54, 1.807) is 6.26 Å². The second-order valence-corrected chi connectivity index (χ2v) is 6.47. The lowest BCUT2D eigenvalue weighted by atomic mass is 10.0. The molecule has 5 heteroatoms. The fourth-order valence-electron chi connectivity index (χ4n) is 3.19. The van der Waals surface area contributed by atoms with E-state index in [4.69, 9.17) is 4.74 Å². The van der Waals surface area contributed by atoms with Crippen molar-refractivity contribution in [3.05, 3.63) is 77.8 Å². The van der Waals surface area contributed by atoms with Gasteiger partial charge in [0.1, 0.15) is 5.82 Å². The quantitative estimate of drug-likeness (QED) is 0.740. The van der Waals surface area contributed by atoms with E-state index in [1.165, 1.54) is 0 Å². The van der Waals surface area contributed by atoms with E-state index in [0.717, 1.165) is 35.3 Å². The molecule has 2 heterocycles. The smallest absolute Gasteiger partial charge is 0.250 e. The van der Waals surface area contributed by atoms with Crippen molar-refractivity contribution in [3.8, 4) is 0 Å². The molecule has 3 aromatic rings. The number of benzene rings is 2. The Morgan fingerprint density at radius 2 is 1.96 bits per heavy atom. The van der Waals surface area contributed by atoms with Gasteiger partial charge in [-0.3, -0.25) is 4.79 Å². The van der Waals surface area contributed by atoms with Gasteiger partial charge in [-0.05, 0) is 37.0 Å². The summed E-state index contributed by atoms with van der Waals surface area (Å²) in [5, 5.41) is 3.13. The fraction of sp³-hybridized carbons (Fsp3) is 0.238. The Morgan fingerprint density at radius 3 is 2.73 bits per heavy atom. The molecule has 26 heavy (non-hydrogen) atoms. The maximum atomic E-state index is 12.7. The number of imidazole rings is 1. The van der Waals surface area contributed by atoms with E-state index in [9.17, 15) is 4.79 Å². The number of ether oxygens (including phenoxy) is 1. The highest BCUT2D eigenvalue weighted by Crippen LogP contribution is 2.21. The summed E-state index contributed by atoms with van der Waals surface area (Å²) < 4.78 is 5.31. The van der Waals surface area contributed by atoms with Gasteiger partial charge in [-0.25, -0.2) is 4.98 Å². The molecule has 0 radical (unpaired) electrons. The minimum absolute atomic E-state index is 0.0916. The fourth-order valence-corrected chi connectivity index (χ4v) is 3.19. The van der Waals surface area contributed by atoms with E-state index < -0.39 is 0 Å². The number of amides is 1. The number of aromatic nitrogens is 2. The number of rotatable bonds is 5. The number of carbonyl (C=O) groups excluding carboxylic acids is 1. The SMILES string of the molecule is O=C(NC(Cc1ccccc1)c1nc2ccccc2[nH]1)C1=COCCC1. The highest BCUT2D eigenvalue weighted by Gasteiger charge is 2.22. The highest BCUT2D eigenvalue weighted by molar-refractivity contribution is 5.93. The molecular weight excluding hydrogens is 326 g/mol. The van der Waals surface area contributed by atoms with Crippen molar-refractivity contribution in [2.45, 2.75) is 25.3 Å². The molecule has 0 saturated carbocycles. The first-order valence-electron chi connectivity index (χ1n) is 8.90. The first-order valence-corrected chi connectivity index (χ1v) is 8.90. The van der Waals surface area contributed by atoms with E-state index >= 15 is 0 Å². The van der Waals surface area contributed by atoms with Gasteiger partial charge in [-0.1, -0.05) is 42.5 Å². The third kappa shape index (κ3) is 3.61. The summed E-state index contributed by atoms with van der Waals surface area (Å²) in [5.41, 5.74) is 3.70. The summed E-state index contributed by atoms with van der Waals surface area (Å²) in [4.78, 5) is 20.7. The normalized spacial score (nSPS) is 15.2. The first-order chi connectivity index (χ1) is 12.8. The van der Waals surface area contributed by atoms with Crippen LogP contribution < -0.4 is 5.32 Å². The molecule has 1 aliphatic heterocycles. The van der Waals surface area contributed by atoms with Crippen LogP contribution in [-0.4, -0.2) is 22.5 Å². The van der Waals surface area contributed by atoms with E-state index in [-0.39, 0.29) is 11.9 Å². The first kappa shape index (κ1) is 16.4. The molecule has 5 nitrogen and oxygen atoms in total. The Labute approximate surface area is 152 Å². The second kappa shape index (κ2) is 7.44. The number of H-pyrrole nitrogens is 1. The maximum Gasteiger partial charge on any atom is 0.250 e. The van der Waals surface area contributed by atoms with Crippen LogP contribution in [0, 0.1) is 0 Å². The van der Waals surface area contributed by atoms with Crippen LogP contribution in [-0.2, 0) is 16.0 Å². The van der Waals surface area contributed by atoms with E-state index in [1.807, 2.05) is 42.5 Å². The monoisotopic (exact) mass is 347 g/mol. The van der Waals surface area contributed by atoms with Gasteiger partial charge in [-0.15, -0.1) is 0 Å². The number of hydrogen-bond acceptors (Lipinski definition) is 3. The van der Waals surface area contributed by atoms with E-state index in [2.05, 4.69) is 27.4 Å². The number of carbonyl (C=O) groups is 1. The maximum absolute atomic E-state index is 12.7. The lowest BCUT2D eigenvalue weighted by Crippen LogP contribution is -2.32. The molecule has 1 unspecified atom stereocenters. The summed E-state index contributed by atoms with van der Waals surface area (Å²) in [6.07, 6.45) is 3.86. The highest BCUT2D eigenvalue weighted by atomic mass is 16.5. The molecule has 0 spiro atoms. The molecule has 1 amide bonds. The molecule has 0 saturated heterocycles. The third-order valence-electron chi connectivity index (χ3n) is 4.55. The van der Waals surface area contributed by atoms with Gasteiger partial charge in [-0.2, -0.15) is 0 Å². The molecule has 0 aliphatic carbocycles. The molecule has 0 fully saturated rings. The van der Waals surface area contributed by atoms with Crippen molar-refractivity contribution in [1.29, 1.82) is 0 Å². The minimum atomic E-state index is -0.236. The zero-order valence-corrected chi connectivity index (χ0v) is 14.4. The van der Waals surface area contributed by atoms with Crippen LogP contribution in [0.15, 0.2) is 66.4 Å². The molecule has 2 aromatic carbocycles. The summed E-state index contributed by atoms with van der Waals surface area (Å²) in [7, 11) is 0. The van der Waals surface area contributed by atoms with Crippen LogP contribution in [0.3, 0.4) is 0 Å². The summed E-state index contributed by atoms with van der Waals surface area (Å²) in [5.74, 6) is 0.673. The molecule has 4 rings (SSSR count). The Kier molecular flexibility index (Phi) is 4.69. The minimum Gasteiger partial charge on any atom is -0.501 e. The van der Waals surface area contributed by atoms with Crippen molar-refractivity contribution >= 4 is 16.9 Å². The van der Waals surface area contributed by atoms with Crippen LogP contribution >= 0.6 is 0 Å². The lowest BCUT2D eigenvalue weighted by molar-refractivity contribution is -0.118. The average molecular weight is 347 g/mol. The number of nitrogens with zero attached hydrogens (tertiary/aromatic N) is 1. The van der Waals surface area contributed by atoms with Gasteiger partial charge < -0.3 is 15.0 Å². The van der Waals surface area contributed by atoms with Crippen molar-refractivity contribution < 1.29 is 9.53 Å². The van der Waals surface area contributed by atoms with Crippen LogP contribution in [0.2, 0.25) is 0 Å². The van der Waals surface area contributed by atoms with Gasteiger partial charge in [0, 0.05) is 0 Å². The summed E-state index contributed by atoms with van der Waals surface area (Å²) in [6, 6.07) is 17.8. The van der Waals surface area contributed by atoms with Crippen LogP contribution in [0.5, 0.6) is 0 Å². The van der Waals surface area contributed by atoms with Crippen molar-refractivity contribution in [2.75, 3.05) is 6.61 Å². The van der Waals surface area contributed by atoms with Crippen LogP contribution in [0.25, 0.3) is 11.0 Å². The number of para-hydroxylation sites is 2. The average Bonchev–Trinajstić information content (AvgIpc) is 3.13. The van der Waals surface area contributed by atoms with Gasteiger partial charge >= 0.3 is 0 Å². The predicted octanol–water partition coefficient (Wildman–Crippen LogP) is 3.66. The Balaban J connectivity index is 1.62. The van der Waals surface area contributed by atoms with Gasteiger partial charge in [0.2, 0.25) is 0 Å². The topological polar surface area (TPSA) is 67.0 Å². The Morgan fingerprint density at radius 1 is 1.15 bits per heavy atom. The summed E-state index contributed by atoms with van der Waals surface area (Å²) >= 11 is 0. The van der Waals surface area contributed by atoms with Gasteiger partial charge in [0.25, 0.3) is 5.91 Å². The Hall–Kier alpha value is -3.08. The third-order valence-corrected chi connectivity index (χ3v) is 4.55. The number of fused-ring (bicyclic) bond motifs is 1. The molecule has 132 valence electrons. The van der Waals surface area contributed by atoms with Crippen molar-refractivity contribution in [2.24, 2.45) is 0 Å². The Bertz CT molecular complexity index is 898. The van der Waals surface area contributed by atoms with Crippen LogP contribution in [0.1, 0.15) is 30.3 Å². The van der Waals surface area contributed by atoms with Gasteiger partial charge in [0.05, 0.1) is 35.5 Å². The van der Waals surface area contributed by atoms with Crippen LogP contribution in [0.4, 0.5) is 0 Å². The molecule has 1 atom stereocenters. The standard InChI is InChI=1S/C21H21N3O2/c25-21(16-9-6-12-26-14-16)24-19(13-15-7-2-1-3-8-15)20-22-17-10-4-5-11-18(17)23-20/h1-5,7-8,10-11,14,19H,6,9,12-13H2,(H,22,23)(H,24,25). The zero-order valence-electron chi connectivity index (χ0n) is 14.4. The predicted molar refractivity (Wildman–Crippen MR) is 100 cm³/mol. The lowest BCUT2D eigenvalue weighted by Gasteiger charge is -2.19. The second-order valence-electron chi connectivity index (χ2n) is 6.47. The van der Waals surface area contributed by atoms with E-state index in [0.29, 0.717) is 18.6 Å². The number of nitrogens with one attached hydrogen (secondary N) is 2. The largest absolute Gasteiger partial charge is 0.501 e. The number of aromatic amines is 1. The molecule has 1 aliphatic rings. The molecule has 2 N–H and O–H groups in total. The molecule has 1 aromatic heterocycles.